The van der Waals surface area contributed by atoms with Gasteiger partial charge in [-0.3, -0.25) is 0 Å². The van der Waals surface area contributed by atoms with Crippen molar-refractivity contribution < 1.29 is 0 Å². The van der Waals surface area contributed by atoms with E-state index in [-0.39, 0.29) is 5.38 Å². The summed E-state index contributed by atoms with van der Waals surface area (Å²) in [5.41, 5.74) is 3.47. The second kappa shape index (κ2) is 5.93. The normalized spacial score (nSPS) is 13.4. The van der Waals surface area contributed by atoms with Gasteiger partial charge in [-0.1, -0.05) is 19.1 Å². The topological polar surface area (TPSA) is 21.1 Å². The number of hydrogen-bond acceptors (Lipinski definition) is 2. The van der Waals surface area contributed by atoms with Gasteiger partial charge in [-0.2, -0.15) is 0 Å². The average molecular weight is 280 g/mol. The Balaban J connectivity index is 2.44. The van der Waals surface area contributed by atoms with Crippen molar-refractivity contribution in [1.82, 2.24) is 14.5 Å². The molecule has 0 fully saturated rings. The Hall–Kier alpha value is -1.06. The molecule has 104 valence electrons. The first-order valence-corrected chi connectivity index (χ1v) is 7.26. The summed E-state index contributed by atoms with van der Waals surface area (Å²) >= 11 is 6.28. The number of aryl methyl sites for hydroxylation is 1. The molecule has 2 aromatic rings. The van der Waals surface area contributed by atoms with Crippen LogP contribution in [0, 0.1) is 6.92 Å². The molecule has 4 heteroatoms. The molecule has 0 aliphatic carbocycles. The summed E-state index contributed by atoms with van der Waals surface area (Å²) in [5, 5.41) is -0.0706. The molecule has 0 saturated heterocycles. The van der Waals surface area contributed by atoms with Gasteiger partial charge in [0.25, 0.3) is 0 Å². The number of rotatable bonds is 5. The van der Waals surface area contributed by atoms with E-state index >= 15 is 0 Å². The van der Waals surface area contributed by atoms with E-state index in [1.165, 1.54) is 11.1 Å². The van der Waals surface area contributed by atoms with E-state index in [9.17, 15) is 0 Å². The predicted octanol–water partition coefficient (Wildman–Crippen LogP) is 3.60. The summed E-state index contributed by atoms with van der Waals surface area (Å²) in [6.45, 7) is 9.24. The molecule has 1 atom stereocenters. The van der Waals surface area contributed by atoms with Gasteiger partial charge in [0.05, 0.1) is 16.4 Å². The van der Waals surface area contributed by atoms with Gasteiger partial charge in [0, 0.05) is 13.1 Å². The van der Waals surface area contributed by atoms with Gasteiger partial charge in [-0.15, -0.1) is 11.6 Å². The number of hydrogen-bond donors (Lipinski definition) is 0. The van der Waals surface area contributed by atoms with Crippen molar-refractivity contribution >= 4 is 22.6 Å². The monoisotopic (exact) mass is 279 g/mol. The number of aromatic nitrogens is 2. The Kier molecular flexibility index (Phi) is 4.48. The van der Waals surface area contributed by atoms with Crippen LogP contribution in [-0.4, -0.2) is 34.6 Å². The van der Waals surface area contributed by atoms with Crippen molar-refractivity contribution in [2.45, 2.75) is 32.7 Å². The van der Waals surface area contributed by atoms with Gasteiger partial charge in [0.2, 0.25) is 0 Å². The van der Waals surface area contributed by atoms with Crippen LogP contribution in [0.1, 0.15) is 30.6 Å². The van der Waals surface area contributed by atoms with Gasteiger partial charge in [0.15, 0.2) is 0 Å². The van der Waals surface area contributed by atoms with Crippen LogP contribution >= 0.6 is 11.6 Å². The third-order valence-electron chi connectivity index (χ3n) is 3.61. The molecular formula is C15H22ClN3. The standard InChI is InChI=1S/C15H22ClN3/c1-5-18(4)9-10-19-13-8-6-7-11(2)14(13)17-15(19)12(3)16/h6-8,12H,5,9-10H2,1-4H3. The maximum Gasteiger partial charge on any atom is 0.127 e. The number of alkyl halides is 1. The molecule has 0 radical (unpaired) electrons. The van der Waals surface area contributed by atoms with E-state index in [0.29, 0.717) is 0 Å². The van der Waals surface area contributed by atoms with Crippen LogP contribution in [0.3, 0.4) is 0 Å². The van der Waals surface area contributed by atoms with Crippen LogP contribution in [0.5, 0.6) is 0 Å². The number of imidazole rings is 1. The SMILES string of the molecule is CCN(C)CCn1c(C(C)Cl)nc2c(C)cccc21. The van der Waals surface area contributed by atoms with Crippen LogP contribution in [0.15, 0.2) is 18.2 Å². The first kappa shape index (κ1) is 14.4. The van der Waals surface area contributed by atoms with Crippen molar-refractivity contribution in [1.29, 1.82) is 0 Å². The van der Waals surface area contributed by atoms with Crippen LogP contribution in [0.2, 0.25) is 0 Å². The fourth-order valence-electron chi connectivity index (χ4n) is 2.27. The summed E-state index contributed by atoms with van der Waals surface area (Å²) in [4.78, 5) is 7.02. The molecule has 0 saturated carbocycles. The Bertz CT molecular complexity index is 560. The maximum atomic E-state index is 6.28. The number of halogens is 1. The molecule has 0 N–H and O–H groups in total. The number of para-hydroxylation sites is 1. The van der Waals surface area contributed by atoms with E-state index < -0.39 is 0 Å². The molecule has 0 aliphatic rings. The molecule has 3 nitrogen and oxygen atoms in total. The lowest BCUT2D eigenvalue weighted by Crippen LogP contribution is -2.23. The highest BCUT2D eigenvalue weighted by molar-refractivity contribution is 6.20. The minimum Gasteiger partial charge on any atom is -0.325 e. The summed E-state index contributed by atoms with van der Waals surface area (Å²) < 4.78 is 2.26. The highest BCUT2D eigenvalue weighted by Crippen LogP contribution is 2.26. The minimum absolute atomic E-state index is 0.0706. The van der Waals surface area contributed by atoms with Gasteiger partial charge in [-0.25, -0.2) is 4.98 Å². The maximum absolute atomic E-state index is 6.28. The lowest BCUT2D eigenvalue weighted by atomic mass is 10.2. The van der Waals surface area contributed by atoms with Gasteiger partial charge >= 0.3 is 0 Å². The zero-order valence-electron chi connectivity index (χ0n) is 12.2. The van der Waals surface area contributed by atoms with Crippen molar-refractivity contribution in [3.05, 3.63) is 29.6 Å². The molecule has 0 spiro atoms. The molecule has 19 heavy (non-hydrogen) atoms. The van der Waals surface area contributed by atoms with Crippen molar-refractivity contribution in [3.8, 4) is 0 Å². The Morgan fingerprint density at radius 1 is 1.42 bits per heavy atom. The van der Waals surface area contributed by atoms with Crippen molar-refractivity contribution in [3.63, 3.8) is 0 Å². The highest BCUT2D eigenvalue weighted by atomic mass is 35.5. The second-order valence-electron chi connectivity index (χ2n) is 5.08. The van der Waals surface area contributed by atoms with Crippen molar-refractivity contribution in [2.24, 2.45) is 0 Å². The summed E-state index contributed by atoms with van der Waals surface area (Å²) in [6.07, 6.45) is 0. The first-order chi connectivity index (χ1) is 9.04. The van der Waals surface area contributed by atoms with E-state index in [0.717, 1.165) is 31.0 Å². The van der Waals surface area contributed by atoms with Gasteiger partial charge in [0.1, 0.15) is 5.82 Å². The minimum atomic E-state index is -0.0706. The van der Waals surface area contributed by atoms with Gasteiger partial charge < -0.3 is 9.47 Å². The Morgan fingerprint density at radius 3 is 2.79 bits per heavy atom. The number of fused-ring (bicyclic) bond motifs is 1. The fraction of sp³-hybridized carbons (Fsp3) is 0.533. The number of nitrogens with zero attached hydrogens (tertiary/aromatic N) is 3. The fourth-order valence-corrected chi connectivity index (χ4v) is 2.44. The number of likely N-dealkylation sites (N-methyl/N-ethyl adjacent to an activating group) is 1. The third kappa shape index (κ3) is 2.93. The lowest BCUT2D eigenvalue weighted by molar-refractivity contribution is 0.335. The van der Waals surface area contributed by atoms with E-state index in [1.54, 1.807) is 0 Å². The Labute approximate surface area is 120 Å². The third-order valence-corrected chi connectivity index (χ3v) is 3.81. The molecule has 0 aliphatic heterocycles. The summed E-state index contributed by atoms with van der Waals surface area (Å²) in [5.74, 6) is 0.968. The molecule has 1 aromatic carbocycles. The summed E-state index contributed by atoms with van der Waals surface area (Å²) in [7, 11) is 2.13. The zero-order valence-corrected chi connectivity index (χ0v) is 12.9. The van der Waals surface area contributed by atoms with Crippen LogP contribution in [0.4, 0.5) is 0 Å². The molecular weight excluding hydrogens is 258 g/mol. The van der Waals surface area contributed by atoms with Gasteiger partial charge in [-0.05, 0) is 39.1 Å². The quantitative estimate of drug-likeness (QED) is 0.780. The van der Waals surface area contributed by atoms with E-state index in [1.807, 2.05) is 6.92 Å². The lowest BCUT2D eigenvalue weighted by Gasteiger charge is -2.16. The second-order valence-corrected chi connectivity index (χ2v) is 5.73. The molecule has 1 heterocycles. The average Bonchev–Trinajstić information content (AvgIpc) is 2.76. The van der Waals surface area contributed by atoms with Crippen molar-refractivity contribution in [2.75, 3.05) is 20.1 Å². The van der Waals surface area contributed by atoms with Crippen LogP contribution in [-0.2, 0) is 6.54 Å². The molecule has 0 bridgehead atoms. The Morgan fingerprint density at radius 2 is 2.16 bits per heavy atom. The smallest absolute Gasteiger partial charge is 0.127 e. The first-order valence-electron chi connectivity index (χ1n) is 6.83. The van der Waals surface area contributed by atoms with Crippen LogP contribution < -0.4 is 0 Å². The van der Waals surface area contributed by atoms with E-state index in [2.05, 4.69) is 48.6 Å². The molecule has 2 rings (SSSR count). The summed E-state index contributed by atoms with van der Waals surface area (Å²) in [6, 6.07) is 6.31. The largest absolute Gasteiger partial charge is 0.325 e. The van der Waals surface area contributed by atoms with E-state index in [4.69, 9.17) is 16.6 Å². The molecule has 0 amide bonds. The van der Waals surface area contributed by atoms with Crippen LogP contribution in [0.25, 0.3) is 11.0 Å². The number of benzene rings is 1. The molecule has 1 unspecified atom stereocenters. The highest BCUT2D eigenvalue weighted by Gasteiger charge is 2.15. The zero-order chi connectivity index (χ0) is 14.0. The predicted molar refractivity (Wildman–Crippen MR) is 81.9 cm³/mol. The molecule has 1 aromatic heterocycles.